The lowest BCUT2D eigenvalue weighted by Gasteiger charge is -2.16. The highest BCUT2D eigenvalue weighted by Crippen LogP contribution is 2.38. The van der Waals surface area contributed by atoms with Crippen LogP contribution in [0.25, 0.3) is 0 Å². The van der Waals surface area contributed by atoms with Crippen LogP contribution in [0.1, 0.15) is 28.4 Å². The Labute approximate surface area is 188 Å². The number of benzene rings is 3. The number of rotatable bonds is 4. The second-order valence-corrected chi connectivity index (χ2v) is 6.82. The molecule has 0 aliphatic heterocycles. The number of nitrogens with one attached hydrogen (secondary N) is 1. The molecule has 1 amide bonds. The summed E-state index contributed by atoms with van der Waals surface area (Å²) < 4.78 is 44.1. The molecule has 3 rings (SSSR count). The van der Waals surface area contributed by atoms with E-state index in [-0.39, 0.29) is 6.54 Å². The number of alkyl halides is 3. The SMILES string of the molecule is CC(=O)Oc1c(C(=O)Nc2ccccc2CN)cccc1C(F)(F)F.Clc1ccccc1. The minimum Gasteiger partial charge on any atom is -0.425 e. The lowest BCUT2D eigenvalue weighted by Crippen LogP contribution is -2.19. The zero-order chi connectivity index (χ0) is 23.7. The molecule has 0 aliphatic rings. The Hall–Kier alpha value is -3.36. The number of amides is 1. The van der Waals surface area contributed by atoms with Crippen LogP contribution in [0, 0.1) is 0 Å². The fraction of sp³-hybridized carbons (Fsp3) is 0.130. The number of ether oxygens (including phenoxy) is 1. The monoisotopic (exact) mass is 464 g/mol. The van der Waals surface area contributed by atoms with Gasteiger partial charge >= 0.3 is 12.1 Å². The number of esters is 1. The van der Waals surface area contributed by atoms with Crippen molar-refractivity contribution >= 4 is 29.2 Å². The molecule has 3 aromatic rings. The van der Waals surface area contributed by atoms with Gasteiger partial charge in [-0.1, -0.05) is 54.1 Å². The summed E-state index contributed by atoms with van der Waals surface area (Å²) in [5, 5.41) is 3.29. The summed E-state index contributed by atoms with van der Waals surface area (Å²) in [7, 11) is 0. The van der Waals surface area contributed by atoms with Crippen LogP contribution in [0.2, 0.25) is 5.02 Å². The molecule has 0 heterocycles. The van der Waals surface area contributed by atoms with Crippen LogP contribution in [-0.4, -0.2) is 11.9 Å². The second-order valence-electron chi connectivity index (χ2n) is 6.38. The van der Waals surface area contributed by atoms with E-state index in [4.69, 9.17) is 17.3 Å². The molecule has 3 N–H and O–H groups in total. The number of anilines is 1. The first-order valence-corrected chi connectivity index (χ1v) is 9.69. The zero-order valence-electron chi connectivity index (χ0n) is 16.9. The molecule has 0 fully saturated rings. The number of carbonyl (C=O) groups is 2. The summed E-state index contributed by atoms with van der Waals surface area (Å²) in [6.45, 7) is 1.09. The number of para-hydroxylation sites is 2. The van der Waals surface area contributed by atoms with E-state index < -0.39 is 34.9 Å². The van der Waals surface area contributed by atoms with Crippen molar-refractivity contribution in [1.82, 2.24) is 0 Å². The number of nitrogens with two attached hydrogens (primary N) is 1. The minimum absolute atomic E-state index is 0.135. The molecule has 5 nitrogen and oxygen atoms in total. The third-order valence-corrected chi connectivity index (χ3v) is 4.28. The predicted octanol–water partition coefficient (Wildman–Crippen LogP) is 5.68. The first kappa shape index (κ1) is 24.9. The van der Waals surface area contributed by atoms with E-state index in [2.05, 4.69) is 10.1 Å². The van der Waals surface area contributed by atoms with Gasteiger partial charge in [0.05, 0.1) is 11.1 Å². The maximum absolute atomic E-state index is 13.1. The van der Waals surface area contributed by atoms with Crippen molar-refractivity contribution in [2.24, 2.45) is 5.73 Å². The van der Waals surface area contributed by atoms with Crippen molar-refractivity contribution in [3.05, 3.63) is 94.5 Å². The van der Waals surface area contributed by atoms with E-state index in [0.29, 0.717) is 11.3 Å². The lowest BCUT2D eigenvalue weighted by atomic mass is 10.1. The normalized spacial score (nSPS) is 10.6. The third kappa shape index (κ3) is 7.11. The van der Waals surface area contributed by atoms with Gasteiger partial charge in [0.25, 0.3) is 5.91 Å². The van der Waals surface area contributed by atoms with Crippen molar-refractivity contribution in [2.75, 3.05) is 5.32 Å². The van der Waals surface area contributed by atoms with Gasteiger partial charge in [-0.15, -0.1) is 0 Å². The molecule has 3 aromatic carbocycles. The Morgan fingerprint density at radius 1 is 0.969 bits per heavy atom. The first-order valence-electron chi connectivity index (χ1n) is 9.32. The smallest absolute Gasteiger partial charge is 0.420 e. The lowest BCUT2D eigenvalue weighted by molar-refractivity contribution is -0.141. The topological polar surface area (TPSA) is 81.4 Å². The van der Waals surface area contributed by atoms with Gasteiger partial charge < -0.3 is 15.8 Å². The fourth-order valence-electron chi connectivity index (χ4n) is 2.62. The molecule has 9 heteroatoms. The first-order chi connectivity index (χ1) is 15.1. The van der Waals surface area contributed by atoms with Gasteiger partial charge in [0.2, 0.25) is 0 Å². The van der Waals surface area contributed by atoms with Crippen molar-refractivity contribution in [1.29, 1.82) is 0 Å². The molecule has 0 unspecified atom stereocenters. The number of hydrogen-bond donors (Lipinski definition) is 2. The van der Waals surface area contributed by atoms with Crippen LogP contribution >= 0.6 is 11.6 Å². The van der Waals surface area contributed by atoms with E-state index in [1.807, 2.05) is 30.3 Å². The molecule has 0 bridgehead atoms. The van der Waals surface area contributed by atoms with Crippen LogP contribution in [0.3, 0.4) is 0 Å². The highest BCUT2D eigenvalue weighted by atomic mass is 35.5. The van der Waals surface area contributed by atoms with Gasteiger partial charge in [-0.05, 0) is 35.9 Å². The highest BCUT2D eigenvalue weighted by Gasteiger charge is 2.37. The molecule has 0 spiro atoms. The Balaban J connectivity index is 0.000000439. The molecule has 0 saturated heterocycles. The van der Waals surface area contributed by atoms with Crippen molar-refractivity contribution < 1.29 is 27.5 Å². The Kier molecular flexibility index (Phi) is 8.80. The Morgan fingerprint density at radius 2 is 1.59 bits per heavy atom. The summed E-state index contributed by atoms with van der Waals surface area (Å²) in [6.07, 6.45) is -4.78. The van der Waals surface area contributed by atoms with Crippen molar-refractivity contribution in [2.45, 2.75) is 19.6 Å². The summed E-state index contributed by atoms with van der Waals surface area (Å²) in [6, 6.07) is 19.0. The van der Waals surface area contributed by atoms with Crippen LogP contribution in [0.15, 0.2) is 72.8 Å². The van der Waals surface area contributed by atoms with E-state index in [1.54, 1.807) is 24.3 Å². The van der Waals surface area contributed by atoms with Gasteiger partial charge in [-0.3, -0.25) is 9.59 Å². The molecule has 32 heavy (non-hydrogen) atoms. The maximum Gasteiger partial charge on any atom is 0.420 e. The average Bonchev–Trinajstić information content (AvgIpc) is 2.74. The van der Waals surface area contributed by atoms with Gasteiger partial charge in [0.1, 0.15) is 0 Å². The molecule has 0 radical (unpaired) electrons. The van der Waals surface area contributed by atoms with Crippen molar-refractivity contribution in [3.63, 3.8) is 0 Å². The predicted molar refractivity (Wildman–Crippen MR) is 116 cm³/mol. The third-order valence-electron chi connectivity index (χ3n) is 4.03. The molecule has 0 atom stereocenters. The second kappa shape index (κ2) is 11.3. The van der Waals surface area contributed by atoms with E-state index >= 15 is 0 Å². The van der Waals surface area contributed by atoms with Crippen LogP contribution < -0.4 is 15.8 Å². The van der Waals surface area contributed by atoms with Crippen LogP contribution in [0.4, 0.5) is 18.9 Å². The minimum atomic E-state index is -4.78. The highest BCUT2D eigenvalue weighted by molar-refractivity contribution is 6.30. The molecular formula is C23H20ClF3N2O3. The zero-order valence-corrected chi connectivity index (χ0v) is 17.7. The molecule has 168 valence electrons. The molecule has 0 aromatic heterocycles. The Bertz CT molecular complexity index is 1070. The van der Waals surface area contributed by atoms with Crippen LogP contribution in [0.5, 0.6) is 5.75 Å². The Morgan fingerprint density at radius 3 is 2.12 bits per heavy atom. The van der Waals surface area contributed by atoms with Gasteiger partial charge in [-0.25, -0.2) is 0 Å². The summed E-state index contributed by atoms with van der Waals surface area (Å²) in [5.41, 5.74) is 4.93. The van der Waals surface area contributed by atoms with E-state index in [0.717, 1.165) is 30.1 Å². The van der Waals surface area contributed by atoms with Crippen molar-refractivity contribution in [3.8, 4) is 5.75 Å². The standard InChI is InChI=1S/C17H15F3N2O3.C6H5Cl/c1-10(23)25-15-12(6-4-7-13(15)17(18,19)20)16(24)22-14-8-3-2-5-11(14)9-21;7-6-4-2-1-3-5-6/h2-8H,9,21H2,1H3,(H,22,24);1-5H. The molecular weight excluding hydrogens is 445 g/mol. The van der Waals surface area contributed by atoms with E-state index in [1.165, 1.54) is 0 Å². The summed E-state index contributed by atoms with van der Waals surface area (Å²) in [5.74, 6) is -2.64. The average molecular weight is 465 g/mol. The van der Waals surface area contributed by atoms with Gasteiger partial charge in [0.15, 0.2) is 5.75 Å². The number of hydrogen-bond acceptors (Lipinski definition) is 4. The van der Waals surface area contributed by atoms with E-state index in [9.17, 15) is 22.8 Å². The fourth-order valence-corrected chi connectivity index (χ4v) is 2.76. The number of halogens is 4. The quantitative estimate of drug-likeness (QED) is 0.384. The maximum atomic E-state index is 13.1. The molecule has 0 saturated carbocycles. The molecule has 0 aliphatic carbocycles. The van der Waals surface area contributed by atoms with Crippen LogP contribution in [-0.2, 0) is 17.5 Å². The number of carbonyl (C=O) groups excluding carboxylic acids is 2. The van der Waals surface area contributed by atoms with Gasteiger partial charge in [0, 0.05) is 24.2 Å². The summed E-state index contributed by atoms with van der Waals surface area (Å²) >= 11 is 5.54. The van der Waals surface area contributed by atoms with Gasteiger partial charge in [-0.2, -0.15) is 13.2 Å². The summed E-state index contributed by atoms with van der Waals surface area (Å²) in [4.78, 5) is 23.6. The largest absolute Gasteiger partial charge is 0.425 e.